The molecule has 2 aromatic rings. The molecule has 2 N–H and O–H groups in total. The van der Waals surface area contributed by atoms with Gasteiger partial charge in [0.1, 0.15) is 6.61 Å². The number of carbonyl (C=O) groups excluding carboxylic acids is 1. The molecule has 2 aromatic carbocycles. The van der Waals surface area contributed by atoms with Gasteiger partial charge in [0.15, 0.2) is 6.40 Å². The lowest BCUT2D eigenvalue weighted by molar-refractivity contribution is -0.114. The van der Waals surface area contributed by atoms with Gasteiger partial charge in [-0.3, -0.25) is 10.2 Å². The quantitative estimate of drug-likeness (QED) is 0.627. The standard InChI is InChI=1S/C18H20N2O2/c1-13(16-5-3-15(4-6-16)11-22-12-19)17-7-9-18(10-8-17)20-14(2)21/h3-10,12-13,19H,11H2,1-2H3,(H,20,21). The Balaban J connectivity index is 2.08. The lowest BCUT2D eigenvalue weighted by Gasteiger charge is -2.14. The molecule has 0 spiro atoms. The number of hydrogen-bond donors (Lipinski definition) is 2. The van der Waals surface area contributed by atoms with Crippen LogP contribution in [0.3, 0.4) is 0 Å². The fraction of sp³-hybridized carbons (Fsp3) is 0.222. The maximum Gasteiger partial charge on any atom is 0.221 e. The highest BCUT2D eigenvalue weighted by Gasteiger charge is 2.08. The second-order valence-electron chi connectivity index (χ2n) is 5.20. The second-order valence-corrected chi connectivity index (χ2v) is 5.20. The monoisotopic (exact) mass is 296 g/mol. The summed E-state index contributed by atoms with van der Waals surface area (Å²) in [6.45, 7) is 4.07. The zero-order chi connectivity index (χ0) is 15.9. The molecule has 1 amide bonds. The van der Waals surface area contributed by atoms with Gasteiger partial charge < -0.3 is 10.1 Å². The molecule has 0 aliphatic carbocycles. The van der Waals surface area contributed by atoms with Crippen molar-refractivity contribution in [3.63, 3.8) is 0 Å². The second kappa shape index (κ2) is 7.41. The molecule has 2 rings (SSSR count). The zero-order valence-electron chi connectivity index (χ0n) is 12.8. The van der Waals surface area contributed by atoms with Crippen molar-refractivity contribution in [2.45, 2.75) is 26.4 Å². The molecule has 0 aliphatic rings. The average Bonchev–Trinajstić information content (AvgIpc) is 2.53. The molecule has 0 radical (unpaired) electrons. The van der Waals surface area contributed by atoms with Crippen molar-refractivity contribution < 1.29 is 9.53 Å². The maximum atomic E-state index is 11.0. The van der Waals surface area contributed by atoms with Crippen LogP contribution in [0.5, 0.6) is 0 Å². The van der Waals surface area contributed by atoms with Crippen LogP contribution in [0.2, 0.25) is 0 Å². The summed E-state index contributed by atoms with van der Waals surface area (Å²) in [5.41, 5.74) is 4.26. The number of ether oxygens (including phenoxy) is 1. The van der Waals surface area contributed by atoms with E-state index in [2.05, 4.69) is 24.4 Å². The van der Waals surface area contributed by atoms with Crippen LogP contribution in [0.4, 0.5) is 5.69 Å². The Kier molecular flexibility index (Phi) is 5.31. The van der Waals surface area contributed by atoms with Gasteiger partial charge in [-0.2, -0.15) is 0 Å². The van der Waals surface area contributed by atoms with E-state index in [-0.39, 0.29) is 11.8 Å². The molecule has 0 saturated heterocycles. The predicted molar refractivity (Wildman–Crippen MR) is 88.3 cm³/mol. The van der Waals surface area contributed by atoms with Crippen molar-refractivity contribution in [2.75, 3.05) is 5.32 Å². The summed E-state index contributed by atoms with van der Waals surface area (Å²) in [5.74, 6) is 0.201. The van der Waals surface area contributed by atoms with E-state index in [9.17, 15) is 4.79 Å². The van der Waals surface area contributed by atoms with E-state index in [1.165, 1.54) is 18.1 Å². The van der Waals surface area contributed by atoms with Gasteiger partial charge >= 0.3 is 0 Å². The van der Waals surface area contributed by atoms with Crippen LogP contribution < -0.4 is 5.32 Å². The molecular formula is C18H20N2O2. The summed E-state index contributed by atoms with van der Waals surface area (Å²) < 4.78 is 4.96. The largest absolute Gasteiger partial charge is 0.479 e. The Morgan fingerprint density at radius 1 is 1.14 bits per heavy atom. The van der Waals surface area contributed by atoms with E-state index in [1.54, 1.807) is 0 Å². The smallest absolute Gasteiger partial charge is 0.221 e. The molecule has 0 fully saturated rings. The van der Waals surface area contributed by atoms with Gasteiger partial charge in [0.2, 0.25) is 5.91 Å². The van der Waals surface area contributed by atoms with Crippen LogP contribution in [0, 0.1) is 5.41 Å². The first-order valence-corrected chi connectivity index (χ1v) is 7.17. The van der Waals surface area contributed by atoms with Crippen molar-refractivity contribution in [3.05, 3.63) is 65.2 Å². The Hall–Kier alpha value is -2.62. The number of rotatable bonds is 6. The van der Waals surface area contributed by atoms with Crippen molar-refractivity contribution >= 4 is 18.0 Å². The third-order valence-electron chi connectivity index (χ3n) is 3.54. The van der Waals surface area contributed by atoms with Crippen molar-refractivity contribution in [1.82, 2.24) is 0 Å². The fourth-order valence-corrected chi connectivity index (χ4v) is 2.29. The third kappa shape index (κ3) is 4.19. The Labute approximate surface area is 130 Å². The minimum Gasteiger partial charge on any atom is -0.479 e. The normalized spacial score (nSPS) is 11.5. The molecule has 4 heteroatoms. The van der Waals surface area contributed by atoms with Gasteiger partial charge in [0.25, 0.3) is 0 Å². The van der Waals surface area contributed by atoms with Crippen LogP contribution in [0.15, 0.2) is 48.5 Å². The van der Waals surface area contributed by atoms with Gasteiger partial charge in [-0.15, -0.1) is 0 Å². The summed E-state index contributed by atoms with van der Waals surface area (Å²) in [6.07, 6.45) is 0.952. The first-order valence-electron chi connectivity index (χ1n) is 7.17. The number of carbonyl (C=O) groups is 1. The Bertz CT molecular complexity index is 633. The van der Waals surface area contributed by atoms with E-state index in [4.69, 9.17) is 10.1 Å². The van der Waals surface area contributed by atoms with Crippen LogP contribution in [0.1, 0.15) is 36.5 Å². The van der Waals surface area contributed by atoms with Gasteiger partial charge in [0.05, 0.1) is 0 Å². The average molecular weight is 296 g/mol. The molecule has 4 nitrogen and oxygen atoms in total. The van der Waals surface area contributed by atoms with Gasteiger partial charge in [-0.1, -0.05) is 43.3 Å². The summed E-state index contributed by atoms with van der Waals surface area (Å²) in [5, 5.41) is 9.63. The highest BCUT2D eigenvalue weighted by Crippen LogP contribution is 2.25. The minimum absolute atomic E-state index is 0.0662. The molecule has 0 heterocycles. The molecule has 0 aromatic heterocycles. The highest BCUT2D eigenvalue weighted by atomic mass is 16.5. The van der Waals surface area contributed by atoms with Gasteiger partial charge in [-0.05, 0) is 28.8 Å². The third-order valence-corrected chi connectivity index (χ3v) is 3.54. The van der Waals surface area contributed by atoms with Crippen LogP contribution in [-0.2, 0) is 16.1 Å². The summed E-state index contributed by atoms with van der Waals surface area (Å²) in [4.78, 5) is 11.0. The molecule has 0 saturated carbocycles. The first kappa shape index (κ1) is 15.8. The van der Waals surface area contributed by atoms with Crippen LogP contribution in [0.25, 0.3) is 0 Å². The first-order chi connectivity index (χ1) is 10.6. The predicted octanol–water partition coefficient (Wildman–Crippen LogP) is 3.92. The summed E-state index contributed by atoms with van der Waals surface area (Å²) in [6, 6.07) is 16.1. The van der Waals surface area contributed by atoms with E-state index in [0.717, 1.165) is 17.7 Å². The number of anilines is 1. The van der Waals surface area contributed by atoms with E-state index in [0.29, 0.717) is 6.61 Å². The molecule has 22 heavy (non-hydrogen) atoms. The molecule has 114 valence electrons. The lowest BCUT2D eigenvalue weighted by Crippen LogP contribution is -2.05. The Morgan fingerprint density at radius 2 is 1.68 bits per heavy atom. The van der Waals surface area contributed by atoms with Crippen molar-refractivity contribution in [1.29, 1.82) is 5.41 Å². The lowest BCUT2D eigenvalue weighted by atomic mass is 9.92. The van der Waals surface area contributed by atoms with Crippen LogP contribution in [-0.4, -0.2) is 12.3 Å². The highest BCUT2D eigenvalue weighted by molar-refractivity contribution is 5.88. The SMILES string of the molecule is CC(=O)Nc1ccc(C(C)c2ccc(COC=N)cc2)cc1. The van der Waals surface area contributed by atoms with Crippen molar-refractivity contribution in [2.24, 2.45) is 0 Å². The molecule has 0 aliphatic heterocycles. The fourth-order valence-electron chi connectivity index (χ4n) is 2.29. The summed E-state index contributed by atoms with van der Waals surface area (Å²) in [7, 11) is 0. The summed E-state index contributed by atoms with van der Waals surface area (Å²) >= 11 is 0. The van der Waals surface area contributed by atoms with E-state index < -0.39 is 0 Å². The van der Waals surface area contributed by atoms with E-state index >= 15 is 0 Å². The molecule has 1 atom stereocenters. The number of hydrogen-bond acceptors (Lipinski definition) is 3. The van der Waals surface area contributed by atoms with Gasteiger partial charge in [0, 0.05) is 18.5 Å². The topological polar surface area (TPSA) is 62.2 Å². The maximum absolute atomic E-state index is 11.0. The minimum atomic E-state index is -0.0662. The Morgan fingerprint density at radius 3 is 2.18 bits per heavy atom. The van der Waals surface area contributed by atoms with E-state index in [1.807, 2.05) is 36.4 Å². The number of amides is 1. The molecular weight excluding hydrogens is 276 g/mol. The van der Waals surface area contributed by atoms with Crippen LogP contribution >= 0.6 is 0 Å². The number of benzene rings is 2. The van der Waals surface area contributed by atoms with Crippen molar-refractivity contribution in [3.8, 4) is 0 Å². The molecule has 0 bridgehead atoms. The number of nitrogens with one attached hydrogen (secondary N) is 2. The van der Waals surface area contributed by atoms with Gasteiger partial charge in [-0.25, -0.2) is 0 Å². The zero-order valence-corrected chi connectivity index (χ0v) is 12.8. The molecule has 1 unspecified atom stereocenters.